The van der Waals surface area contributed by atoms with Gasteiger partial charge in [-0.05, 0) is 54.6 Å². The molecule has 0 saturated heterocycles. The fourth-order valence-corrected chi connectivity index (χ4v) is 2.37. The number of nitrogens with one attached hydrogen (secondary N) is 2. The average Bonchev–Trinajstić information content (AvgIpc) is 2.74. The van der Waals surface area contributed by atoms with Crippen LogP contribution >= 0.6 is 0 Å². The Morgan fingerprint density at radius 2 is 1.29 bits per heavy atom. The molecule has 0 atom stereocenters. The topological polar surface area (TPSA) is 119 Å². The number of nitriles is 2. The second-order valence-electron chi connectivity index (χ2n) is 5.70. The lowest BCUT2D eigenvalue weighted by Gasteiger charge is -2.07. The molecule has 28 heavy (non-hydrogen) atoms. The van der Waals surface area contributed by atoms with Crippen LogP contribution in [0.5, 0.6) is 0 Å². The normalized spacial score (nSPS) is 9.64. The van der Waals surface area contributed by atoms with Gasteiger partial charge in [0.25, 0.3) is 11.8 Å². The summed E-state index contributed by atoms with van der Waals surface area (Å²) >= 11 is 0. The second kappa shape index (κ2) is 8.26. The van der Waals surface area contributed by atoms with E-state index in [1.54, 1.807) is 54.6 Å². The van der Waals surface area contributed by atoms with Gasteiger partial charge in [-0.3, -0.25) is 9.59 Å². The first-order valence-corrected chi connectivity index (χ1v) is 8.19. The molecule has 7 nitrogen and oxygen atoms in total. The van der Waals surface area contributed by atoms with Crippen molar-refractivity contribution >= 4 is 23.2 Å². The Hall–Kier alpha value is -4.49. The number of hydrogen-bond acceptors (Lipinski definition) is 5. The molecule has 0 spiro atoms. The lowest BCUT2D eigenvalue weighted by molar-refractivity contribution is 0.101. The van der Waals surface area contributed by atoms with Crippen LogP contribution in [0, 0.1) is 22.7 Å². The van der Waals surface area contributed by atoms with E-state index in [4.69, 9.17) is 10.5 Å². The van der Waals surface area contributed by atoms with E-state index in [0.29, 0.717) is 22.5 Å². The number of hydrogen-bond donors (Lipinski definition) is 2. The van der Waals surface area contributed by atoms with Crippen LogP contribution in [0.2, 0.25) is 0 Å². The van der Waals surface area contributed by atoms with Crippen molar-refractivity contribution < 1.29 is 9.59 Å². The second-order valence-corrected chi connectivity index (χ2v) is 5.70. The first-order chi connectivity index (χ1) is 13.6. The summed E-state index contributed by atoms with van der Waals surface area (Å²) < 4.78 is 0. The number of pyridine rings is 1. The van der Waals surface area contributed by atoms with Crippen molar-refractivity contribution in [3.8, 4) is 12.1 Å². The van der Waals surface area contributed by atoms with Gasteiger partial charge in [-0.25, -0.2) is 4.98 Å². The summed E-state index contributed by atoms with van der Waals surface area (Å²) in [6.07, 6.45) is 0. The minimum absolute atomic E-state index is 0.0647. The maximum absolute atomic E-state index is 12.4. The number of carbonyl (C=O) groups excluding carboxylic acids is 2. The summed E-state index contributed by atoms with van der Waals surface area (Å²) in [5.74, 6) is -0.978. The van der Waals surface area contributed by atoms with Crippen LogP contribution < -0.4 is 10.6 Å². The first kappa shape index (κ1) is 18.3. The highest BCUT2D eigenvalue weighted by Gasteiger charge is 2.13. The predicted octanol–water partition coefficient (Wildman–Crippen LogP) is 3.33. The number of anilines is 2. The van der Waals surface area contributed by atoms with E-state index in [1.807, 2.05) is 12.1 Å². The van der Waals surface area contributed by atoms with E-state index in [9.17, 15) is 9.59 Å². The van der Waals surface area contributed by atoms with Crippen LogP contribution in [-0.4, -0.2) is 16.8 Å². The Bertz CT molecular complexity index is 1120. The summed E-state index contributed by atoms with van der Waals surface area (Å²) in [5.41, 5.74) is 2.00. The van der Waals surface area contributed by atoms with Crippen molar-refractivity contribution in [2.24, 2.45) is 0 Å². The minimum atomic E-state index is -0.497. The molecule has 2 N–H and O–H groups in total. The van der Waals surface area contributed by atoms with Gasteiger partial charge in [0.2, 0.25) is 0 Å². The van der Waals surface area contributed by atoms with Crippen LogP contribution in [0.25, 0.3) is 0 Å². The Labute approximate surface area is 160 Å². The number of amides is 2. The summed E-state index contributed by atoms with van der Waals surface area (Å²) in [7, 11) is 0. The maximum Gasteiger partial charge on any atom is 0.274 e. The maximum atomic E-state index is 12.4. The summed E-state index contributed by atoms with van der Waals surface area (Å²) in [5, 5.41) is 23.0. The van der Waals surface area contributed by atoms with Gasteiger partial charge in [-0.1, -0.05) is 12.1 Å². The van der Waals surface area contributed by atoms with E-state index < -0.39 is 11.8 Å². The zero-order chi connectivity index (χ0) is 19.9. The molecular formula is C21H13N5O2. The Kier molecular flexibility index (Phi) is 5.40. The Balaban J connectivity index is 1.73. The molecule has 7 heteroatoms. The number of rotatable bonds is 4. The molecule has 1 heterocycles. The van der Waals surface area contributed by atoms with E-state index in [2.05, 4.69) is 15.6 Å². The van der Waals surface area contributed by atoms with Crippen LogP contribution in [0.15, 0.2) is 66.7 Å². The fraction of sp³-hybridized carbons (Fsp3) is 0. The molecule has 2 aromatic carbocycles. The smallest absolute Gasteiger partial charge is 0.274 e. The molecular weight excluding hydrogens is 354 g/mol. The zero-order valence-corrected chi connectivity index (χ0v) is 14.5. The lowest BCUT2D eigenvalue weighted by atomic mass is 10.2. The van der Waals surface area contributed by atoms with Gasteiger partial charge >= 0.3 is 0 Å². The first-order valence-electron chi connectivity index (χ1n) is 8.19. The molecule has 0 unspecified atom stereocenters. The molecule has 0 aliphatic rings. The number of carbonyl (C=O) groups is 2. The molecule has 3 rings (SSSR count). The summed E-state index contributed by atoms with van der Waals surface area (Å²) in [6.45, 7) is 0. The van der Waals surface area contributed by atoms with E-state index in [0.717, 1.165) is 0 Å². The molecule has 3 aromatic rings. The third-order valence-electron chi connectivity index (χ3n) is 3.74. The molecule has 0 radical (unpaired) electrons. The highest BCUT2D eigenvalue weighted by molar-refractivity contribution is 6.06. The van der Waals surface area contributed by atoms with Crippen molar-refractivity contribution in [2.45, 2.75) is 0 Å². The third kappa shape index (κ3) is 4.37. The summed E-state index contributed by atoms with van der Waals surface area (Å²) in [6, 6.07) is 21.4. The Morgan fingerprint density at radius 3 is 1.89 bits per heavy atom. The molecule has 0 aliphatic carbocycles. The van der Waals surface area contributed by atoms with Crippen molar-refractivity contribution in [2.75, 3.05) is 10.6 Å². The van der Waals surface area contributed by atoms with Gasteiger partial charge in [0.15, 0.2) is 0 Å². The van der Waals surface area contributed by atoms with E-state index in [-0.39, 0.29) is 11.4 Å². The van der Waals surface area contributed by atoms with Crippen LogP contribution in [-0.2, 0) is 0 Å². The fourth-order valence-electron chi connectivity index (χ4n) is 2.37. The van der Waals surface area contributed by atoms with Gasteiger partial charge in [-0.2, -0.15) is 10.5 Å². The van der Waals surface area contributed by atoms with Gasteiger partial charge in [0.05, 0.1) is 23.3 Å². The molecule has 134 valence electrons. The quantitative estimate of drug-likeness (QED) is 0.733. The highest BCUT2D eigenvalue weighted by atomic mass is 16.2. The van der Waals surface area contributed by atoms with Gasteiger partial charge < -0.3 is 10.6 Å². The molecule has 0 saturated carbocycles. The third-order valence-corrected chi connectivity index (χ3v) is 3.74. The number of aromatic nitrogens is 1. The van der Waals surface area contributed by atoms with Crippen LogP contribution in [0.4, 0.5) is 11.4 Å². The lowest BCUT2D eigenvalue weighted by Crippen LogP contribution is -2.18. The predicted molar refractivity (Wildman–Crippen MR) is 102 cm³/mol. The number of nitrogens with zero attached hydrogens (tertiary/aromatic N) is 3. The van der Waals surface area contributed by atoms with Gasteiger partial charge in [0, 0.05) is 11.4 Å². The number of benzene rings is 2. The minimum Gasteiger partial charge on any atom is -0.321 e. The van der Waals surface area contributed by atoms with E-state index in [1.165, 1.54) is 12.1 Å². The largest absolute Gasteiger partial charge is 0.321 e. The molecule has 0 aliphatic heterocycles. The van der Waals surface area contributed by atoms with Crippen molar-refractivity contribution in [3.63, 3.8) is 0 Å². The molecule has 0 bridgehead atoms. The monoisotopic (exact) mass is 367 g/mol. The van der Waals surface area contributed by atoms with Crippen molar-refractivity contribution in [1.82, 2.24) is 4.98 Å². The molecule has 2 amide bonds. The van der Waals surface area contributed by atoms with Crippen LogP contribution in [0.1, 0.15) is 32.1 Å². The van der Waals surface area contributed by atoms with Gasteiger partial charge in [-0.15, -0.1) is 0 Å². The van der Waals surface area contributed by atoms with Crippen LogP contribution in [0.3, 0.4) is 0 Å². The van der Waals surface area contributed by atoms with Crippen molar-refractivity contribution in [3.05, 3.63) is 89.2 Å². The van der Waals surface area contributed by atoms with E-state index >= 15 is 0 Å². The average molecular weight is 367 g/mol. The highest BCUT2D eigenvalue weighted by Crippen LogP contribution is 2.13. The summed E-state index contributed by atoms with van der Waals surface area (Å²) in [4.78, 5) is 28.9. The Morgan fingerprint density at radius 1 is 0.714 bits per heavy atom. The molecule has 0 fully saturated rings. The standard InChI is InChI=1S/C21H13N5O2/c22-12-14-7-9-16(10-8-14)24-20(27)18-5-2-6-19(26-18)21(28)25-17-4-1-3-15(11-17)13-23/h1-11H,(H,24,27)(H,25,28). The van der Waals surface area contributed by atoms with Crippen molar-refractivity contribution in [1.29, 1.82) is 10.5 Å². The van der Waals surface area contributed by atoms with Gasteiger partial charge in [0.1, 0.15) is 11.4 Å². The zero-order valence-electron chi connectivity index (χ0n) is 14.5. The SMILES string of the molecule is N#Cc1ccc(NC(=O)c2cccc(C(=O)Nc3cccc(C#N)c3)n2)cc1. The molecule has 1 aromatic heterocycles.